The van der Waals surface area contributed by atoms with Crippen molar-refractivity contribution in [2.24, 2.45) is 0 Å². The van der Waals surface area contributed by atoms with E-state index in [9.17, 15) is 4.79 Å². The predicted octanol–water partition coefficient (Wildman–Crippen LogP) is 0.261. The van der Waals surface area contributed by atoms with Gasteiger partial charge in [-0.1, -0.05) is 0 Å². The fourth-order valence-electron chi connectivity index (χ4n) is 2.73. The van der Waals surface area contributed by atoms with E-state index >= 15 is 0 Å². The topological polar surface area (TPSA) is 36.0 Å². The van der Waals surface area contributed by atoms with E-state index in [1.807, 2.05) is 11.8 Å². The van der Waals surface area contributed by atoms with Gasteiger partial charge in [0.2, 0.25) is 5.91 Å². The Hall–Kier alpha value is -0.650. The van der Waals surface area contributed by atoms with Crippen molar-refractivity contribution in [1.82, 2.24) is 14.7 Å². The molecule has 110 valence electrons. The van der Waals surface area contributed by atoms with Gasteiger partial charge in [-0.2, -0.15) is 0 Å². The van der Waals surface area contributed by atoms with E-state index in [0.29, 0.717) is 18.5 Å². The lowest BCUT2D eigenvalue weighted by atomic mass is 10.1. The summed E-state index contributed by atoms with van der Waals surface area (Å²) < 4.78 is 5.41. The molecule has 19 heavy (non-hydrogen) atoms. The van der Waals surface area contributed by atoms with Gasteiger partial charge in [-0.05, 0) is 20.3 Å². The van der Waals surface area contributed by atoms with Gasteiger partial charge in [0.1, 0.15) is 0 Å². The van der Waals surface area contributed by atoms with Gasteiger partial charge in [-0.3, -0.25) is 14.6 Å². The molecule has 0 bridgehead atoms. The summed E-state index contributed by atoms with van der Waals surface area (Å²) in [6, 6.07) is 0.512. The van der Waals surface area contributed by atoms with Crippen LogP contribution in [0.3, 0.4) is 0 Å². The van der Waals surface area contributed by atoms with Gasteiger partial charge in [0.25, 0.3) is 0 Å². The van der Waals surface area contributed by atoms with Crippen molar-refractivity contribution >= 4 is 5.91 Å². The Bertz CT molecular complexity index is 294. The molecular formula is C14H27N3O2. The van der Waals surface area contributed by atoms with Gasteiger partial charge >= 0.3 is 0 Å². The van der Waals surface area contributed by atoms with E-state index in [1.54, 1.807) is 0 Å². The van der Waals surface area contributed by atoms with Gasteiger partial charge in [0.15, 0.2) is 0 Å². The van der Waals surface area contributed by atoms with Crippen LogP contribution in [0.2, 0.25) is 0 Å². The van der Waals surface area contributed by atoms with Crippen LogP contribution in [-0.2, 0) is 9.53 Å². The minimum atomic E-state index is 0.307. The second-order valence-electron chi connectivity index (χ2n) is 5.55. The minimum absolute atomic E-state index is 0.307. The molecule has 2 heterocycles. The molecule has 1 atom stereocenters. The smallest absolute Gasteiger partial charge is 0.236 e. The highest BCUT2D eigenvalue weighted by molar-refractivity contribution is 5.78. The fraction of sp³-hybridized carbons (Fsp3) is 0.929. The third-order valence-electron chi connectivity index (χ3n) is 4.14. The summed E-state index contributed by atoms with van der Waals surface area (Å²) in [6.07, 6.45) is 1.17. The average molecular weight is 269 g/mol. The molecule has 1 amide bonds. The van der Waals surface area contributed by atoms with Crippen molar-refractivity contribution in [1.29, 1.82) is 0 Å². The standard InChI is InChI=1S/C14H27N3O2/c1-3-19-10-9-16-8-7-15(11-13(16)2)12-14(18)17-5-4-6-17/h13H,3-12H2,1-2H3. The zero-order valence-corrected chi connectivity index (χ0v) is 12.3. The lowest BCUT2D eigenvalue weighted by Gasteiger charge is -2.41. The molecule has 2 rings (SSSR count). The molecule has 0 saturated carbocycles. The molecule has 0 N–H and O–H groups in total. The number of piperazine rings is 1. The van der Waals surface area contributed by atoms with Crippen LogP contribution in [0.15, 0.2) is 0 Å². The Balaban J connectivity index is 1.68. The van der Waals surface area contributed by atoms with Crippen LogP contribution in [0.5, 0.6) is 0 Å². The van der Waals surface area contributed by atoms with E-state index in [2.05, 4.69) is 16.7 Å². The maximum Gasteiger partial charge on any atom is 0.236 e. The lowest BCUT2D eigenvalue weighted by Crippen LogP contribution is -2.55. The molecular weight excluding hydrogens is 242 g/mol. The number of carbonyl (C=O) groups excluding carboxylic acids is 1. The van der Waals surface area contributed by atoms with Crippen LogP contribution in [-0.4, -0.2) is 85.7 Å². The highest BCUT2D eigenvalue weighted by Gasteiger charge is 2.27. The summed E-state index contributed by atoms with van der Waals surface area (Å²) in [4.78, 5) is 18.7. The van der Waals surface area contributed by atoms with Crippen molar-refractivity contribution in [3.63, 3.8) is 0 Å². The molecule has 2 aliphatic rings. The highest BCUT2D eigenvalue weighted by Crippen LogP contribution is 2.11. The average Bonchev–Trinajstić information content (AvgIpc) is 2.29. The van der Waals surface area contributed by atoms with E-state index in [0.717, 1.165) is 52.5 Å². The first-order chi connectivity index (χ1) is 9.20. The van der Waals surface area contributed by atoms with Gasteiger partial charge in [0, 0.05) is 51.9 Å². The molecule has 5 heteroatoms. The second kappa shape index (κ2) is 7.22. The third kappa shape index (κ3) is 4.16. The molecule has 0 radical (unpaired) electrons. The van der Waals surface area contributed by atoms with Crippen molar-refractivity contribution in [3.8, 4) is 0 Å². The van der Waals surface area contributed by atoms with Crippen LogP contribution in [0.25, 0.3) is 0 Å². The molecule has 1 unspecified atom stereocenters. The van der Waals surface area contributed by atoms with Crippen molar-refractivity contribution in [3.05, 3.63) is 0 Å². The normalized spacial score (nSPS) is 25.4. The number of nitrogens with zero attached hydrogens (tertiary/aromatic N) is 3. The van der Waals surface area contributed by atoms with Crippen LogP contribution in [0.1, 0.15) is 20.3 Å². The highest BCUT2D eigenvalue weighted by atomic mass is 16.5. The first-order valence-electron chi connectivity index (χ1n) is 7.52. The Morgan fingerprint density at radius 1 is 1.26 bits per heavy atom. The van der Waals surface area contributed by atoms with Crippen LogP contribution >= 0.6 is 0 Å². The Kier molecular flexibility index (Phi) is 5.60. The van der Waals surface area contributed by atoms with Crippen LogP contribution < -0.4 is 0 Å². The van der Waals surface area contributed by atoms with Gasteiger partial charge in [-0.15, -0.1) is 0 Å². The van der Waals surface area contributed by atoms with Gasteiger partial charge < -0.3 is 9.64 Å². The van der Waals surface area contributed by atoms with Crippen molar-refractivity contribution < 1.29 is 9.53 Å². The molecule has 2 fully saturated rings. The maximum atomic E-state index is 11.9. The van der Waals surface area contributed by atoms with E-state index < -0.39 is 0 Å². The fourth-order valence-corrected chi connectivity index (χ4v) is 2.73. The number of hydrogen-bond donors (Lipinski definition) is 0. The van der Waals surface area contributed by atoms with Crippen LogP contribution in [0.4, 0.5) is 0 Å². The van der Waals surface area contributed by atoms with Crippen molar-refractivity contribution in [2.45, 2.75) is 26.3 Å². The second-order valence-corrected chi connectivity index (χ2v) is 5.55. The van der Waals surface area contributed by atoms with Crippen molar-refractivity contribution in [2.75, 3.05) is 59.0 Å². The SMILES string of the molecule is CCOCCN1CCN(CC(=O)N2CCC2)CC1C. The summed E-state index contributed by atoms with van der Waals surface area (Å²) >= 11 is 0. The lowest BCUT2D eigenvalue weighted by molar-refractivity contribution is -0.136. The molecule has 0 aliphatic carbocycles. The van der Waals surface area contributed by atoms with E-state index in [-0.39, 0.29) is 0 Å². The number of carbonyl (C=O) groups is 1. The summed E-state index contributed by atoms with van der Waals surface area (Å²) in [7, 11) is 0. The zero-order valence-electron chi connectivity index (χ0n) is 12.3. The molecule has 0 aromatic carbocycles. The number of hydrogen-bond acceptors (Lipinski definition) is 4. The molecule has 5 nitrogen and oxygen atoms in total. The van der Waals surface area contributed by atoms with E-state index in [4.69, 9.17) is 4.74 Å². The number of amides is 1. The first-order valence-corrected chi connectivity index (χ1v) is 7.52. The Labute approximate surface area is 116 Å². The monoisotopic (exact) mass is 269 g/mol. The quantitative estimate of drug-likeness (QED) is 0.648. The Morgan fingerprint density at radius 2 is 2.05 bits per heavy atom. The first kappa shape index (κ1) is 14.8. The molecule has 2 aliphatic heterocycles. The summed E-state index contributed by atoms with van der Waals surface area (Å²) in [5.74, 6) is 0.307. The van der Waals surface area contributed by atoms with Gasteiger partial charge in [-0.25, -0.2) is 0 Å². The minimum Gasteiger partial charge on any atom is -0.380 e. The zero-order chi connectivity index (χ0) is 13.7. The molecule has 0 spiro atoms. The largest absolute Gasteiger partial charge is 0.380 e. The molecule has 0 aromatic heterocycles. The molecule has 2 saturated heterocycles. The Morgan fingerprint density at radius 3 is 2.63 bits per heavy atom. The third-order valence-corrected chi connectivity index (χ3v) is 4.14. The summed E-state index contributed by atoms with van der Waals surface area (Å²) in [6.45, 7) is 12.4. The van der Waals surface area contributed by atoms with Gasteiger partial charge in [0.05, 0.1) is 13.2 Å². The van der Waals surface area contributed by atoms with Crippen LogP contribution in [0, 0.1) is 0 Å². The molecule has 0 aromatic rings. The summed E-state index contributed by atoms with van der Waals surface area (Å²) in [5, 5.41) is 0. The van der Waals surface area contributed by atoms with E-state index in [1.165, 1.54) is 6.42 Å². The predicted molar refractivity (Wildman–Crippen MR) is 75.2 cm³/mol. The number of rotatable bonds is 6. The number of ether oxygens (including phenoxy) is 1. The maximum absolute atomic E-state index is 11.9. The number of likely N-dealkylation sites (tertiary alicyclic amines) is 1. The summed E-state index contributed by atoms with van der Waals surface area (Å²) in [5.41, 5.74) is 0.